The highest BCUT2D eigenvalue weighted by atomic mass is 32.2. The van der Waals surface area contributed by atoms with Crippen molar-refractivity contribution in [3.8, 4) is 0 Å². The smallest absolute Gasteiger partial charge is 0.223 e. The summed E-state index contributed by atoms with van der Waals surface area (Å²) in [6.07, 6.45) is 1.70. The van der Waals surface area contributed by atoms with Gasteiger partial charge in [0.05, 0.1) is 0 Å². The highest BCUT2D eigenvalue weighted by Crippen LogP contribution is 2.22. The largest absolute Gasteiger partial charge is 0.357 e. The second-order valence-electron chi connectivity index (χ2n) is 2.77. The molecule has 2 heterocycles. The van der Waals surface area contributed by atoms with Gasteiger partial charge in [-0.1, -0.05) is 0 Å². The number of H-pyrrole nitrogens is 1. The van der Waals surface area contributed by atoms with E-state index in [1.54, 1.807) is 13.2 Å². The third kappa shape index (κ3) is 2.44. The number of anilines is 1. The number of nitrogens with one attached hydrogen (secondary N) is 2. The second kappa shape index (κ2) is 4.26. The van der Waals surface area contributed by atoms with Gasteiger partial charge in [-0.2, -0.15) is 0 Å². The van der Waals surface area contributed by atoms with Crippen molar-refractivity contribution in [1.82, 2.24) is 25.1 Å². The van der Waals surface area contributed by atoms with E-state index in [1.165, 1.54) is 11.8 Å². The quantitative estimate of drug-likeness (QED) is 0.757. The van der Waals surface area contributed by atoms with Crippen LogP contribution in [-0.4, -0.2) is 32.2 Å². The topological polar surface area (TPSA) is 79.4 Å². The van der Waals surface area contributed by atoms with E-state index in [9.17, 15) is 0 Å². The predicted octanol–water partition coefficient (Wildman–Crippen LogP) is 1.10. The fourth-order valence-electron chi connectivity index (χ4n) is 0.981. The Kier molecular flexibility index (Phi) is 2.82. The number of nitrogens with zero attached hydrogens (tertiary/aromatic N) is 4. The molecule has 2 rings (SSSR count). The van der Waals surface area contributed by atoms with Crippen molar-refractivity contribution in [2.24, 2.45) is 0 Å². The highest BCUT2D eigenvalue weighted by molar-refractivity contribution is 7.99. The lowest BCUT2D eigenvalue weighted by Crippen LogP contribution is -1.95. The Morgan fingerprint density at radius 2 is 2.27 bits per heavy atom. The van der Waals surface area contributed by atoms with Crippen molar-refractivity contribution < 1.29 is 0 Å². The number of aromatic amines is 1. The van der Waals surface area contributed by atoms with Crippen LogP contribution in [0.15, 0.2) is 22.4 Å². The molecular weight excluding hydrogens is 212 g/mol. The van der Waals surface area contributed by atoms with Crippen molar-refractivity contribution in [3.63, 3.8) is 0 Å². The van der Waals surface area contributed by atoms with Crippen molar-refractivity contribution in [3.05, 3.63) is 18.1 Å². The van der Waals surface area contributed by atoms with Gasteiger partial charge >= 0.3 is 0 Å². The Morgan fingerprint density at radius 3 is 2.93 bits per heavy atom. The first-order valence-electron chi connectivity index (χ1n) is 4.35. The van der Waals surface area contributed by atoms with Crippen molar-refractivity contribution in [2.75, 3.05) is 12.4 Å². The minimum atomic E-state index is 0.590. The van der Waals surface area contributed by atoms with Crippen LogP contribution in [0.3, 0.4) is 0 Å². The third-order valence-corrected chi connectivity index (χ3v) is 2.43. The predicted molar refractivity (Wildman–Crippen MR) is 56.8 cm³/mol. The number of hydrogen-bond acceptors (Lipinski definition) is 6. The molecule has 0 saturated carbocycles. The summed E-state index contributed by atoms with van der Waals surface area (Å²) < 4.78 is 0. The standard InChI is InChI=1S/C8H10N6S/c1-5-11-8(14-13-5)15-6-3-4-10-7(9-2)12-6/h3-4H,1-2H3,(H,9,10,12)(H,11,13,14). The molecular formula is C8H10N6S. The number of rotatable bonds is 3. The maximum absolute atomic E-state index is 4.24. The fourth-order valence-corrected chi connectivity index (χ4v) is 1.70. The average molecular weight is 222 g/mol. The van der Waals surface area contributed by atoms with Gasteiger partial charge in [0.1, 0.15) is 10.9 Å². The molecule has 2 aromatic rings. The maximum Gasteiger partial charge on any atom is 0.223 e. The molecule has 0 aliphatic rings. The first kappa shape index (κ1) is 9.91. The Morgan fingerprint density at radius 1 is 1.40 bits per heavy atom. The molecule has 0 bridgehead atoms. The Balaban J connectivity index is 2.16. The third-order valence-electron chi connectivity index (χ3n) is 1.63. The molecule has 0 atom stereocenters. The fraction of sp³-hybridized carbons (Fsp3) is 0.250. The van der Waals surface area contributed by atoms with E-state index in [2.05, 4.69) is 30.5 Å². The van der Waals surface area contributed by atoms with Crippen LogP contribution in [0.4, 0.5) is 5.95 Å². The molecule has 78 valence electrons. The van der Waals surface area contributed by atoms with Crippen LogP contribution < -0.4 is 5.32 Å². The maximum atomic E-state index is 4.24. The van der Waals surface area contributed by atoms with E-state index >= 15 is 0 Å². The molecule has 7 heteroatoms. The summed E-state index contributed by atoms with van der Waals surface area (Å²) in [5.41, 5.74) is 0. The van der Waals surface area contributed by atoms with Gasteiger partial charge in [0, 0.05) is 13.2 Å². The molecule has 0 aliphatic carbocycles. The van der Waals surface area contributed by atoms with Crippen LogP contribution in [0.1, 0.15) is 5.82 Å². The van der Waals surface area contributed by atoms with Crippen molar-refractivity contribution >= 4 is 17.7 Å². The molecule has 6 nitrogen and oxygen atoms in total. The molecule has 0 saturated heterocycles. The van der Waals surface area contributed by atoms with Gasteiger partial charge in [0.2, 0.25) is 11.1 Å². The van der Waals surface area contributed by atoms with Crippen LogP contribution in [-0.2, 0) is 0 Å². The van der Waals surface area contributed by atoms with Gasteiger partial charge in [-0.15, -0.1) is 5.10 Å². The molecule has 0 aliphatic heterocycles. The van der Waals surface area contributed by atoms with Crippen LogP contribution in [0.5, 0.6) is 0 Å². The second-order valence-corrected chi connectivity index (χ2v) is 3.76. The average Bonchev–Trinajstić information content (AvgIpc) is 2.64. The van der Waals surface area contributed by atoms with Crippen molar-refractivity contribution in [1.29, 1.82) is 0 Å². The molecule has 0 unspecified atom stereocenters. The van der Waals surface area contributed by atoms with Crippen molar-refractivity contribution in [2.45, 2.75) is 17.1 Å². The lowest BCUT2D eigenvalue weighted by Gasteiger charge is -1.99. The van der Waals surface area contributed by atoms with Gasteiger partial charge in [-0.3, -0.25) is 5.10 Å². The van der Waals surface area contributed by atoms with Gasteiger partial charge < -0.3 is 5.32 Å². The zero-order chi connectivity index (χ0) is 10.7. The van der Waals surface area contributed by atoms with E-state index < -0.39 is 0 Å². The molecule has 0 aromatic carbocycles. The minimum Gasteiger partial charge on any atom is -0.357 e. The van der Waals surface area contributed by atoms with E-state index in [1.807, 2.05) is 13.0 Å². The summed E-state index contributed by atoms with van der Waals surface area (Å²) in [5.74, 6) is 1.38. The van der Waals surface area contributed by atoms with Crippen LogP contribution in [0, 0.1) is 6.92 Å². The number of aromatic nitrogens is 5. The van der Waals surface area contributed by atoms with Gasteiger partial charge in [0.15, 0.2) is 0 Å². The summed E-state index contributed by atoms with van der Waals surface area (Å²) in [6, 6.07) is 1.82. The Bertz CT molecular complexity index is 454. The normalized spacial score (nSPS) is 10.3. The Labute approximate surface area is 90.9 Å². The van der Waals surface area contributed by atoms with Crippen LogP contribution in [0.2, 0.25) is 0 Å². The first-order chi connectivity index (χ1) is 7.28. The zero-order valence-electron chi connectivity index (χ0n) is 8.35. The molecule has 0 fully saturated rings. The lowest BCUT2D eigenvalue weighted by molar-refractivity contribution is 0.960. The minimum absolute atomic E-state index is 0.590. The molecule has 15 heavy (non-hydrogen) atoms. The molecule has 2 aromatic heterocycles. The van der Waals surface area contributed by atoms with E-state index in [4.69, 9.17) is 0 Å². The molecule has 2 N–H and O–H groups in total. The van der Waals surface area contributed by atoms with E-state index in [0.717, 1.165) is 10.9 Å². The van der Waals surface area contributed by atoms with E-state index in [-0.39, 0.29) is 0 Å². The summed E-state index contributed by atoms with van der Waals surface area (Å²) >= 11 is 1.39. The van der Waals surface area contributed by atoms with Gasteiger partial charge in [-0.25, -0.2) is 15.0 Å². The molecule has 0 spiro atoms. The molecule has 0 amide bonds. The lowest BCUT2D eigenvalue weighted by atomic mass is 10.7. The Hall–Kier alpha value is -1.63. The van der Waals surface area contributed by atoms with Crippen LogP contribution >= 0.6 is 11.8 Å². The number of aryl methyl sites for hydroxylation is 1. The summed E-state index contributed by atoms with van der Waals surface area (Å²) in [7, 11) is 1.78. The summed E-state index contributed by atoms with van der Waals surface area (Å²) in [4.78, 5) is 12.4. The monoisotopic (exact) mass is 222 g/mol. The first-order valence-corrected chi connectivity index (χ1v) is 5.17. The van der Waals surface area contributed by atoms with Gasteiger partial charge in [-0.05, 0) is 24.8 Å². The summed E-state index contributed by atoms with van der Waals surface area (Å²) in [5, 5.41) is 11.1. The van der Waals surface area contributed by atoms with E-state index in [0.29, 0.717) is 11.1 Å². The molecule has 0 radical (unpaired) electrons. The van der Waals surface area contributed by atoms with Crippen LogP contribution in [0.25, 0.3) is 0 Å². The summed E-state index contributed by atoms with van der Waals surface area (Å²) in [6.45, 7) is 1.86. The number of hydrogen-bond donors (Lipinski definition) is 2. The highest BCUT2D eigenvalue weighted by Gasteiger charge is 2.04. The zero-order valence-corrected chi connectivity index (χ0v) is 9.17. The van der Waals surface area contributed by atoms with Gasteiger partial charge in [0.25, 0.3) is 0 Å². The SMILES string of the molecule is CNc1nccc(Sc2n[nH]c(C)n2)n1.